The first-order valence-electron chi connectivity index (χ1n) is 9.78. The number of carbonyl (C=O) groups is 3. The van der Waals surface area contributed by atoms with Crippen LogP contribution in [0.15, 0.2) is 36.4 Å². The Bertz CT molecular complexity index is 974. The highest BCUT2D eigenvalue weighted by atomic mass is 16.7. The van der Waals surface area contributed by atoms with Crippen molar-refractivity contribution < 1.29 is 23.9 Å². The molecule has 0 fully saturated rings. The van der Waals surface area contributed by atoms with Crippen LogP contribution >= 0.6 is 0 Å². The van der Waals surface area contributed by atoms with Gasteiger partial charge in [0.1, 0.15) is 0 Å². The molecule has 3 rings (SSSR count). The fourth-order valence-corrected chi connectivity index (χ4v) is 3.06. The van der Waals surface area contributed by atoms with Gasteiger partial charge in [0.25, 0.3) is 5.91 Å². The quantitative estimate of drug-likeness (QED) is 0.709. The van der Waals surface area contributed by atoms with Crippen LogP contribution < -0.4 is 20.1 Å². The Morgan fingerprint density at radius 1 is 1.00 bits per heavy atom. The number of carbonyl (C=O) groups excluding carboxylic acids is 3. The standard InChI is InChI=1S/C23H26N2O5/c1-14(26)17-11-19-20(30-13-29-19)12-18(17)25-21(27)9-10-24-22(28)15-5-7-16(8-6-15)23(2,3)4/h5-8,11-12H,9-10,13H2,1-4H3,(H,24,28)(H,25,27). The van der Waals surface area contributed by atoms with Crippen LogP contribution in [0.4, 0.5) is 5.69 Å². The van der Waals surface area contributed by atoms with Gasteiger partial charge in [-0.1, -0.05) is 32.9 Å². The van der Waals surface area contributed by atoms with Crippen LogP contribution in [0.3, 0.4) is 0 Å². The van der Waals surface area contributed by atoms with Crippen molar-refractivity contribution in [2.24, 2.45) is 0 Å². The van der Waals surface area contributed by atoms with Gasteiger partial charge in [-0.25, -0.2) is 0 Å². The van der Waals surface area contributed by atoms with Crippen molar-refractivity contribution in [1.29, 1.82) is 0 Å². The lowest BCUT2D eigenvalue weighted by Gasteiger charge is -2.19. The monoisotopic (exact) mass is 410 g/mol. The van der Waals surface area contributed by atoms with Crippen molar-refractivity contribution in [3.05, 3.63) is 53.1 Å². The molecule has 0 radical (unpaired) electrons. The minimum Gasteiger partial charge on any atom is -0.454 e. The fraction of sp³-hybridized carbons (Fsp3) is 0.348. The van der Waals surface area contributed by atoms with Crippen LogP contribution in [0.1, 0.15) is 60.4 Å². The van der Waals surface area contributed by atoms with E-state index in [-0.39, 0.29) is 42.8 Å². The van der Waals surface area contributed by atoms with Gasteiger partial charge >= 0.3 is 0 Å². The van der Waals surface area contributed by atoms with Gasteiger partial charge < -0.3 is 20.1 Å². The van der Waals surface area contributed by atoms with Crippen LogP contribution in [0.5, 0.6) is 11.5 Å². The second kappa shape index (κ2) is 8.57. The molecule has 30 heavy (non-hydrogen) atoms. The van der Waals surface area contributed by atoms with Crippen LogP contribution in [0, 0.1) is 0 Å². The summed E-state index contributed by atoms with van der Waals surface area (Å²) in [5.74, 6) is 0.191. The first kappa shape index (κ1) is 21.4. The molecule has 2 amide bonds. The SMILES string of the molecule is CC(=O)c1cc2c(cc1NC(=O)CCNC(=O)c1ccc(C(C)(C)C)cc1)OCO2. The average Bonchev–Trinajstić information content (AvgIpc) is 3.14. The first-order chi connectivity index (χ1) is 14.1. The highest BCUT2D eigenvalue weighted by Crippen LogP contribution is 2.37. The van der Waals surface area contributed by atoms with Gasteiger partial charge in [0.2, 0.25) is 12.7 Å². The van der Waals surface area contributed by atoms with E-state index < -0.39 is 0 Å². The molecule has 0 saturated heterocycles. The maximum absolute atomic E-state index is 12.3. The summed E-state index contributed by atoms with van der Waals surface area (Å²) in [5, 5.41) is 5.45. The lowest BCUT2D eigenvalue weighted by molar-refractivity contribution is -0.116. The van der Waals surface area contributed by atoms with E-state index in [1.54, 1.807) is 24.3 Å². The van der Waals surface area contributed by atoms with Crippen LogP contribution in [0.2, 0.25) is 0 Å². The van der Waals surface area contributed by atoms with Gasteiger partial charge in [-0.15, -0.1) is 0 Å². The van der Waals surface area contributed by atoms with Crippen LogP contribution in [0.25, 0.3) is 0 Å². The molecule has 0 aliphatic carbocycles. The summed E-state index contributed by atoms with van der Waals surface area (Å²) in [7, 11) is 0. The van der Waals surface area contributed by atoms with Gasteiger partial charge in [-0.2, -0.15) is 0 Å². The Balaban J connectivity index is 1.55. The molecule has 0 bridgehead atoms. The average molecular weight is 410 g/mol. The first-order valence-corrected chi connectivity index (χ1v) is 9.78. The number of anilines is 1. The Hall–Kier alpha value is -3.35. The zero-order valence-corrected chi connectivity index (χ0v) is 17.6. The maximum atomic E-state index is 12.3. The molecule has 2 aromatic carbocycles. The molecule has 158 valence electrons. The van der Waals surface area contributed by atoms with Gasteiger partial charge in [0.15, 0.2) is 17.3 Å². The molecule has 0 atom stereocenters. The second-order valence-electron chi connectivity index (χ2n) is 8.19. The van der Waals surface area contributed by atoms with Crippen molar-refractivity contribution in [2.75, 3.05) is 18.7 Å². The van der Waals surface area contributed by atoms with Crippen molar-refractivity contribution in [3.63, 3.8) is 0 Å². The van der Waals surface area contributed by atoms with Crippen molar-refractivity contribution >= 4 is 23.3 Å². The normalized spacial score (nSPS) is 12.4. The molecule has 0 saturated carbocycles. The molecule has 7 heteroatoms. The van der Waals surface area contributed by atoms with E-state index in [1.165, 1.54) is 6.92 Å². The molecule has 0 unspecified atom stereocenters. The minimum absolute atomic E-state index is 0.0144. The minimum atomic E-state index is -0.320. The van der Waals surface area contributed by atoms with E-state index >= 15 is 0 Å². The Labute approximate surface area is 175 Å². The van der Waals surface area contributed by atoms with Crippen molar-refractivity contribution in [3.8, 4) is 11.5 Å². The van der Waals surface area contributed by atoms with E-state index in [4.69, 9.17) is 9.47 Å². The summed E-state index contributed by atoms with van der Waals surface area (Å²) in [5.41, 5.74) is 2.40. The number of hydrogen-bond acceptors (Lipinski definition) is 5. The molecule has 1 aliphatic rings. The molecule has 0 spiro atoms. The number of hydrogen-bond donors (Lipinski definition) is 2. The predicted molar refractivity (Wildman–Crippen MR) is 113 cm³/mol. The summed E-state index contributed by atoms with van der Waals surface area (Å²) < 4.78 is 10.6. The molecule has 0 aromatic heterocycles. The number of nitrogens with one attached hydrogen (secondary N) is 2. The van der Waals surface area contributed by atoms with Crippen molar-refractivity contribution in [1.82, 2.24) is 5.32 Å². The Morgan fingerprint density at radius 3 is 2.23 bits per heavy atom. The van der Waals surface area contributed by atoms with Crippen molar-refractivity contribution in [2.45, 2.75) is 39.5 Å². The number of Topliss-reactive ketones (excluding diaryl/α,β-unsaturated/α-hetero) is 1. The summed E-state index contributed by atoms with van der Waals surface area (Å²) >= 11 is 0. The van der Waals surface area contributed by atoms with E-state index in [9.17, 15) is 14.4 Å². The van der Waals surface area contributed by atoms with E-state index in [1.807, 2.05) is 12.1 Å². The number of ether oxygens (including phenoxy) is 2. The van der Waals surface area contributed by atoms with E-state index in [0.717, 1.165) is 5.56 Å². The summed E-state index contributed by atoms with van der Waals surface area (Å²) in [6.07, 6.45) is 0.0671. The third-order valence-corrected chi connectivity index (χ3v) is 4.82. The Kier molecular flexibility index (Phi) is 6.10. The lowest BCUT2D eigenvalue weighted by Crippen LogP contribution is -2.28. The van der Waals surface area contributed by atoms with Gasteiger partial charge in [-0.3, -0.25) is 14.4 Å². The molecule has 2 N–H and O–H groups in total. The van der Waals surface area contributed by atoms with E-state index in [0.29, 0.717) is 28.3 Å². The lowest BCUT2D eigenvalue weighted by atomic mass is 9.87. The summed E-state index contributed by atoms with van der Waals surface area (Å²) in [6.45, 7) is 7.99. The number of benzene rings is 2. The molecular formula is C23H26N2O5. The third kappa shape index (κ3) is 4.97. The number of ketones is 1. The fourth-order valence-electron chi connectivity index (χ4n) is 3.06. The smallest absolute Gasteiger partial charge is 0.251 e. The molecule has 1 aliphatic heterocycles. The molecular weight excluding hydrogens is 384 g/mol. The molecule has 1 heterocycles. The van der Waals surface area contributed by atoms with Gasteiger partial charge in [-0.05, 0) is 36.1 Å². The van der Waals surface area contributed by atoms with Gasteiger partial charge in [0, 0.05) is 30.2 Å². The predicted octanol–water partition coefficient (Wildman–Crippen LogP) is 3.67. The number of rotatable bonds is 6. The Morgan fingerprint density at radius 2 is 1.63 bits per heavy atom. The molecule has 2 aromatic rings. The third-order valence-electron chi connectivity index (χ3n) is 4.82. The second-order valence-corrected chi connectivity index (χ2v) is 8.19. The van der Waals surface area contributed by atoms with Crippen LogP contribution in [-0.2, 0) is 10.2 Å². The summed E-state index contributed by atoms with van der Waals surface area (Å²) in [6, 6.07) is 10.6. The highest BCUT2D eigenvalue weighted by molar-refractivity contribution is 6.04. The topological polar surface area (TPSA) is 93.7 Å². The van der Waals surface area contributed by atoms with Gasteiger partial charge in [0.05, 0.1) is 5.69 Å². The maximum Gasteiger partial charge on any atom is 0.251 e. The van der Waals surface area contributed by atoms with E-state index in [2.05, 4.69) is 31.4 Å². The van der Waals surface area contributed by atoms with Crippen LogP contribution in [-0.4, -0.2) is 30.9 Å². The summed E-state index contributed by atoms with van der Waals surface area (Å²) in [4.78, 5) is 36.5. The largest absolute Gasteiger partial charge is 0.454 e. The number of amides is 2. The number of fused-ring (bicyclic) bond motifs is 1. The zero-order valence-electron chi connectivity index (χ0n) is 17.6. The highest BCUT2D eigenvalue weighted by Gasteiger charge is 2.20. The molecule has 7 nitrogen and oxygen atoms in total. The zero-order chi connectivity index (χ0) is 21.9.